The predicted octanol–water partition coefficient (Wildman–Crippen LogP) is 2.94. The minimum absolute atomic E-state index is 0.0516. The Morgan fingerprint density at radius 3 is 2.50 bits per heavy atom. The number of ether oxygens (including phenoxy) is 3. The van der Waals surface area contributed by atoms with Crippen LogP contribution in [0.15, 0.2) is 30.5 Å². The van der Waals surface area contributed by atoms with E-state index in [9.17, 15) is 4.79 Å². The van der Waals surface area contributed by atoms with Crippen LogP contribution in [-0.4, -0.2) is 61.3 Å². The fourth-order valence-corrected chi connectivity index (χ4v) is 4.59. The van der Waals surface area contributed by atoms with Crippen molar-refractivity contribution in [1.82, 2.24) is 14.9 Å². The van der Waals surface area contributed by atoms with E-state index in [1.165, 1.54) is 0 Å². The molecule has 160 valence electrons. The van der Waals surface area contributed by atoms with Crippen LogP contribution in [0.5, 0.6) is 11.5 Å². The van der Waals surface area contributed by atoms with Gasteiger partial charge in [-0.15, -0.1) is 0 Å². The quantitative estimate of drug-likeness (QED) is 0.753. The maximum absolute atomic E-state index is 13.2. The van der Waals surface area contributed by atoms with Crippen LogP contribution >= 0.6 is 0 Å². The molecule has 2 atom stereocenters. The van der Waals surface area contributed by atoms with E-state index in [2.05, 4.69) is 16.0 Å². The molecular formula is C23H29N3O4. The highest BCUT2D eigenvalue weighted by molar-refractivity contribution is 5.79. The lowest BCUT2D eigenvalue weighted by Crippen LogP contribution is -2.37. The van der Waals surface area contributed by atoms with E-state index in [0.29, 0.717) is 37.8 Å². The Morgan fingerprint density at radius 1 is 1.07 bits per heavy atom. The Hall–Kier alpha value is -2.67. The number of carbonyl (C=O) groups is 1. The zero-order valence-corrected chi connectivity index (χ0v) is 17.8. The van der Waals surface area contributed by atoms with Crippen LogP contribution in [-0.2, 0) is 9.53 Å². The summed E-state index contributed by atoms with van der Waals surface area (Å²) in [5.41, 5.74) is 2.10. The van der Waals surface area contributed by atoms with Gasteiger partial charge >= 0.3 is 0 Å². The number of hydrogen-bond donors (Lipinski definition) is 0. The number of aryl methyl sites for hydroxylation is 1. The minimum atomic E-state index is 0.0516. The number of methoxy groups -OCH3 is 2. The van der Waals surface area contributed by atoms with Gasteiger partial charge in [-0.1, -0.05) is 6.07 Å². The van der Waals surface area contributed by atoms with Crippen molar-refractivity contribution in [3.05, 3.63) is 47.5 Å². The topological polar surface area (TPSA) is 73.8 Å². The summed E-state index contributed by atoms with van der Waals surface area (Å²) in [6.45, 7) is 4.55. The molecule has 7 heteroatoms. The minimum Gasteiger partial charge on any atom is -0.493 e. The smallest absolute Gasteiger partial charge is 0.225 e. The number of nitrogens with zero attached hydrogens (tertiary/aromatic N) is 3. The van der Waals surface area contributed by atoms with Crippen molar-refractivity contribution in [3.8, 4) is 11.5 Å². The summed E-state index contributed by atoms with van der Waals surface area (Å²) in [5.74, 6) is 2.66. The molecule has 0 radical (unpaired) electrons. The molecule has 2 aliphatic heterocycles. The summed E-state index contributed by atoms with van der Waals surface area (Å²) in [5, 5.41) is 0. The van der Waals surface area contributed by atoms with E-state index in [1.54, 1.807) is 20.4 Å². The summed E-state index contributed by atoms with van der Waals surface area (Å²) in [4.78, 5) is 24.2. The van der Waals surface area contributed by atoms with Crippen molar-refractivity contribution in [2.45, 2.75) is 31.6 Å². The van der Waals surface area contributed by atoms with Gasteiger partial charge in [0.25, 0.3) is 0 Å². The highest BCUT2D eigenvalue weighted by Crippen LogP contribution is 2.42. The normalized spacial score (nSPS) is 22.2. The monoisotopic (exact) mass is 411 g/mol. The third-order valence-electron chi connectivity index (χ3n) is 6.22. The van der Waals surface area contributed by atoms with E-state index in [4.69, 9.17) is 14.2 Å². The Kier molecular flexibility index (Phi) is 6.18. The van der Waals surface area contributed by atoms with Crippen molar-refractivity contribution < 1.29 is 19.0 Å². The molecule has 2 saturated heterocycles. The van der Waals surface area contributed by atoms with Gasteiger partial charge in [-0.05, 0) is 43.5 Å². The third kappa shape index (κ3) is 4.12. The maximum atomic E-state index is 13.2. The molecule has 3 heterocycles. The number of likely N-dealkylation sites (tertiary alicyclic amines) is 1. The van der Waals surface area contributed by atoms with Gasteiger partial charge in [0.15, 0.2) is 11.5 Å². The van der Waals surface area contributed by atoms with Gasteiger partial charge in [0, 0.05) is 55.9 Å². The van der Waals surface area contributed by atoms with Gasteiger partial charge in [-0.3, -0.25) is 4.79 Å². The molecule has 2 aromatic rings. The molecule has 0 spiro atoms. The second-order valence-electron chi connectivity index (χ2n) is 7.99. The summed E-state index contributed by atoms with van der Waals surface area (Å²) in [7, 11) is 3.27. The van der Waals surface area contributed by atoms with Crippen LogP contribution in [0, 0.1) is 12.8 Å². The average Bonchev–Trinajstić information content (AvgIpc) is 3.24. The molecule has 7 nitrogen and oxygen atoms in total. The number of amides is 1. The summed E-state index contributed by atoms with van der Waals surface area (Å²) >= 11 is 0. The fourth-order valence-electron chi connectivity index (χ4n) is 4.59. The molecule has 2 fully saturated rings. The molecule has 0 N–H and O–H groups in total. The Labute approximate surface area is 177 Å². The predicted molar refractivity (Wildman–Crippen MR) is 112 cm³/mol. The van der Waals surface area contributed by atoms with E-state index in [-0.39, 0.29) is 23.7 Å². The van der Waals surface area contributed by atoms with Crippen LogP contribution in [0.2, 0.25) is 0 Å². The Bertz CT molecular complexity index is 898. The number of benzene rings is 1. The van der Waals surface area contributed by atoms with E-state index in [0.717, 1.165) is 29.9 Å². The molecule has 4 rings (SSSR count). The first-order valence-corrected chi connectivity index (χ1v) is 10.5. The van der Waals surface area contributed by atoms with Crippen molar-refractivity contribution in [2.75, 3.05) is 40.5 Å². The summed E-state index contributed by atoms with van der Waals surface area (Å²) in [6, 6.07) is 7.98. The summed E-state index contributed by atoms with van der Waals surface area (Å²) in [6.07, 6.45) is 3.40. The number of aromatic nitrogens is 2. The van der Waals surface area contributed by atoms with Gasteiger partial charge in [0.2, 0.25) is 5.91 Å². The zero-order valence-electron chi connectivity index (χ0n) is 17.8. The van der Waals surface area contributed by atoms with Gasteiger partial charge in [0.05, 0.1) is 14.2 Å². The second kappa shape index (κ2) is 9.00. The van der Waals surface area contributed by atoms with Crippen molar-refractivity contribution in [3.63, 3.8) is 0 Å². The highest BCUT2D eigenvalue weighted by Gasteiger charge is 2.40. The lowest BCUT2D eigenvalue weighted by Gasteiger charge is -2.26. The first kappa shape index (κ1) is 20.6. The number of rotatable bonds is 5. The SMILES string of the molecule is COc1ccc([C@@H]2CN(C(=O)C3CCOCC3)C[C@H]2c2ccnc(C)n2)cc1OC. The van der Waals surface area contributed by atoms with Gasteiger partial charge in [0.1, 0.15) is 5.82 Å². The summed E-state index contributed by atoms with van der Waals surface area (Å²) < 4.78 is 16.4. The molecule has 0 aliphatic carbocycles. The maximum Gasteiger partial charge on any atom is 0.225 e. The highest BCUT2D eigenvalue weighted by atomic mass is 16.5. The van der Waals surface area contributed by atoms with Crippen LogP contribution in [0.3, 0.4) is 0 Å². The lowest BCUT2D eigenvalue weighted by molar-refractivity contribution is -0.137. The van der Waals surface area contributed by atoms with E-state index in [1.807, 2.05) is 30.0 Å². The standard InChI is InChI=1S/C23H29N3O4/c1-15-24-9-6-20(25-15)19-14-26(23(27)16-7-10-30-11-8-16)13-18(19)17-4-5-21(28-2)22(12-17)29-3/h4-6,9,12,16,18-19H,7-8,10-11,13-14H2,1-3H3/t18-,19+/m0/s1. The van der Waals surface area contributed by atoms with E-state index >= 15 is 0 Å². The van der Waals surface area contributed by atoms with Crippen LogP contribution in [0.4, 0.5) is 0 Å². The number of hydrogen-bond acceptors (Lipinski definition) is 6. The number of carbonyl (C=O) groups excluding carboxylic acids is 1. The van der Waals surface area contributed by atoms with Gasteiger partial charge < -0.3 is 19.1 Å². The van der Waals surface area contributed by atoms with E-state index < -0.39 is 0 Å². The van der Waals surface area contributed by atoms with Crippen molar-refractivity contribution in [1.29, 1.82) is 0 Å². The molecule has 30 heavy (non-hydrogen) atoms. The Morgan fingerprint density at radius 2 is 1.80 bits per heavy atom. The second-order valence-corrected chi connectivity index (χ2v) is 7.99. The Balaban J connectivity index is 1.65. The van der Waals surface area contributed by atoms with Gasteiger partial charge in [-0.2, -0.15) is 0 Å². The van der Waals surface area contributed by atoms with Crippen LogP contribution in [0.1, 0.15) is 41.8 Å². The molecule has 0 bridgehead atoms. The molecule has 2 aliphatic rings. The first-order chi connectivity index (χ1) is 14.6. The molecule has 1 amide bonds. The molecule has 1 aromatic heterocycles. The van der Waals surface area contributed by atoms with Crippen LogP contribution < -0.4 is 9.47 Å². The van der Waals surface area contributed by atoms with Crippen LogP contribution in [0.25, 0.3) is 0 Å². The van der Waals surface area contributed by atoms with Crippen molar-refractivity contribution in [2.24, 2.45) is 5.92 Å². The largest absolute Gasteiger partial charge is 0.493 e. The molecule has 1 aromatic carbocycles. The third-order valence-corrected chi connectivity index (χ3v) is 6.22. The first-order valence-electron chi connectivity index (χ1n) is 10.5. The molecular weight excluding hydrogens is 382 g/mol. The zero-order chi connectivity index (χ0) is 21.1. The van der Waals surface area contributed by atoms with Crippen molar-refractivity contribution >= 4 is 5.91 Å². The molecule has 0 unspecified atom stereocenters. The fraction of sp³-hybridized carbons (Fsp3) is 0.522. The average molecular weight is 412 g/mol. The van der Waals surface area contributed by atoms with Gasteiger partial charge in [-0.25, -0.2) is 9.97 Å². The lowest BCUT2D eigenvalue weighted by atomic mass is 9.86. The molecule has 0 saturated carbocycles.